The molecule has 1 unspecified atom stereocenters. The Kier molecular flexibility index (Phi) is 3.71. The molecule has 0 radical (unpaired) electrons. The van der Waals surface area contributed by atoms with Gasteiger partial charge in [-0.05, 0) is 12.5 Å². The van der Waals surface area contributed by atoms with E-state index < -0.39 is 11.6 Å². The number of rotatable bonds is 4. The number of methoxy groups -OCH3 is 1. The normalized spacial score (nSPS) is 42.1. The van der Waals surface area contributed by atoms with Gasteiger partial charge in [0, 0.05) is 18.9 Å². The van der Waals surface area contributed by atoms with Crippen molar-refractivity contribution in [2.75, 3.05) is 7.11 Å². The van der Waals surface area contributed by atoms with E-state index in [1.165, 1.54) is 7.11 Å². The third-order valence-electron chi connectivity index (χ3n) is 6.04. The Bertz CT molecular complexity index is 628. The molecule has 0 aromatic heterocycles. The number of benzene rings is 1. The van der Waals surface area contributed by atoms with Crippen LogP contribution < -0.4 is 0 Å². The van der Waals surface area contributed by atoms with E-state index in [1.807, 2.05) is 30.3 Å². The molecule has 5 rings (SSSR count). The largest absolute Gasteiger partial charge is 0.454 e. The minimum Gasteiger partial charge on any atom is -0.454 e. The van der Waals surface area contributed by atoms with Gasteiger partial charge in [-0.3, -0.25) is 0 Å². The maximum atomic E-state index is 12.9. The zero-order valence-electron chi connectivity index (χ0n) is 14.5. The van der Waals surface area contributed by atoms with Gasteiger partial charge in [-0.15, -0.1) is 0 Å². The van der Waals surface area contributed by atoms with Gasteiger partial charge in [0.1, 0.15) is 12.2 Å². The second-order valence-corrected chi connectivity index (χ2v) is 7.32. The fourth-order valence-electron chi connectivity index (χ4n) is 4.44. The Hall–Kier alpha value is -1.43. The molecule has 0 saturated carbocycles. The first-order valence-electron chi connectivity index (χ1n) is 8.60. The lowest BCUT2D eigenvalue weighted by atomic mass is 9.87. The van der Waals surface area contributed by atoms with Gasteiger partial charge < -0.3 is 18.9 Å². The fraction of sp³-hybridized carbons (Fsp3) is 0.632. The Labute approximate surface area is 142 Å². The van der Waals surface area contributed by atoms with E-state index in [-0.39, 0.29) is 36.4 Å². The van der Waals surface area contributed by atoms with E-state index >= 15 is 0 Å². The topological polar surface area (TPSA) is 54.0 Å². The summed E-state index contributed by atoms with van der Waals surface area (Å²) in [4.78, 5) is 12.9. The van der Waals surface area contributed by atoms with Crippen LogP contribution in [0.4, 0.5) is 0 Å². The van der Waals surface area contributed by atoms with Gasteiger partial charge >= 0.3 is 5.97 Å². The highest BCUT2D eigenvalue weighted by molar-refractivity contribution is 5.81. The summed E-state index contributed by atoms with van der Waals surface area (Å²) in [5, 5.41) is 0. The molecule has 0 aliphatic carbocycles. The summed E-state index contributed by atoms with van der Waals surface area (Å²) in [6.45, 7) is 6.00. The summed E-state index contributed by atoms with van der Waals surface area (Å²) in [6.07, 6.45) is -0.379. The van der Waals surface area contributed by atoms with Crippen molar-refractivity contribution in [3.05, 3.63) is 35.9 Å². The van der Waals surface area contributed by atoms with Crippen molar-refractivity contribution in [2.24, 2.45) is 11.8 Å². The number of esters is 1. The van der Waals surface area contributed by atoms with Gasteiger partial charge in [-0.1, -0.05) is 44.2 Å². The highest BCUT2D eigenvalue weighted by atomic mass is 16.7. The molecule has 5 heteroatoms. The minimum absolute atomic E-state index is 0.0273. The molecule has 0 amide bonds. The molecule has 5 nitrogen and oxygen atoms in total. The van der Waals surface area contributed by atoms with E-state index in [1.54, 1.807) is 6.92 Å². The summed E-state index contributed by atoms with van der Waals surface area (Å²) in [5.74, 6) is 0.162. The van der Waals surface area contributed by atoms with Crippen LogP contribution in [0.15, 0.2) is 30.3 Å². The van der Waals surface area contributed by atoms with Crippen LogP contribution in [0.1, 0.15) is 26.3 Å². The quantitative estimate of drug-likeness (QED) is 0.792. The summed E-state index contributed by atoms with van der Waals surface area (Å²) in [6, 6.07) is 9.41. The number of hydrogen-bond donors (Lipinski definition) is 0. The summed E-state index contributed by atoms with van der Waals surface area (Å²) in [5.41, 5.74) is -0.371. The molecule has 130 valence electrons. The molecular weight excluding hydrogens is 308 g/mol. The summed E-state index contributed by atoms with van der Waals surface area (Å²) < 4.78 is 23.6. The Morgan fingerprint density at radius 2 is 1.62 bits per heavy atom. The third kappa shape index (κ3) is 2.08. The van der Waals surface area contributed by atoms with Crippen LogP contribution >= 0.6 is 0 Å². The second kappa shape index (κ2) is 5.55. The van der Waals surface area contributed by atoms with E-state index in [0.29, 0.717) is 5.92 Å². The van der Waals surface area contributed by atoms with Crippen molar-refractivity contribution in [1.82, 2.24) is 0 Å². The predicted molar refractivity (Wildman–Crippen MR) is 86.3 cm³/mol. The monoisotopic (exact) mass is 332 g/mol. The molecule has 1 aromatic rings. The smallest absolute Gasteiger partial charge is 0.343 e. The number of hydrogen-bond acceptors (Lipinski definition) is 5. The van der Waals surface area contributed by atoms with E-state index in [9.17, 15) is 4.79 Å². The zero-order valence-corrected chi connectivity index (χ0v) is 14.5. The van der Waals surface area contributed by atoms with Gasteiger partial charge in [0.25, 0.3) is 0 Å². The van der Waals surface area contributed by atoms with Gasteiger partial charge in [0.05, 0.1) is 12.2 Å². The highest BCUT2D eigenvalue weighted by Crippen LogP contribution is 2.51. The Morgan fingerprint density at radius 1 is 1.00 bits per heavy atom. The first-order valence-corrected chi connectivity index (χ1v) is 8.60. The lowest BCUT2D eigenvalue weighted by Gasteiger charge is -2.39. The molecule has 4 bridgehead atoms. The van der Waals surface area contributed by atoms with Gasteiger partial charge in [-0.2, -0.15) is 0 Å². The van der Waals surface area contributed by atoms with Crippen molar-refractivity contribution in [3.63, 3.8) is 0 Å². The molecule has 8 atom stereocenters. The van der Waals surface area contributed by atoms with Crippen LogP contribution in [0.25, 0.3) is 0 Å². The molecule has 4 heterocycles. The minimum atomic E-state index is -1.14. The molecule has 4 saturated heterocycles. The van der Waals surface area contributed by atoms with Gasteiger partial charge in [0.2, 0.25) is 0 Å². The first kappa shape index (κ1) is 16.1. The fourth-order valence-corrected chi connectivity index (χ4v) is 4.44. The van der Waals surface area contributed by atoms with E-state index in [0.717, 1.165) is 5.56 Å². The van der Waals surface area contributed by atoms with Gasteiger partial charge in [0.15, 0.2) is 11.7 Å². The SMILES string of the molecule is CO[C@@](C)(C(=O)O[C@@H]1C2O[C@H]3[C@@H](C)[C@@H]1O[C@@H]2[C@H]3C)c1ccccc1. The van der Waals surface area contributed by atoms with Crippen LogP contribution in [-0.4, -0.2) is 43.6 Å². The predicted octanol–water partition coefficient (Wildman–Crippen LogP) is 2.28. The maximum absolute atomic E-state index is 12.9. The average Bonchev–Trinajstić information content (AvgIpc) is 3.03. The molecule has 0 spiro atoms. The molecule has 4 aliphatic rings. The molecule has 4 fully saturated rings. The summed E-state index contributed by atoms with van der Waals surface area (Å²) >= 11 is 0. The molecule has 4 aliphatic heterocycles. The molecule has 1 aromatic carbocycles. The van der Waals surface area contributed by atoms with Gasteiger partial charge in [-0.25, -0.2) is 4.79 Å². The first-order chi connectivity index (χ1) is 11.5. The number of carbonyl (C=O) groups excluding carboxylic acids is 1. The lowest BCUT2D eigenvalue weighted by Crippen LogP contribution is -2.51. The van der Waals surface area contributed by atoms with Crippen molar-refractivity contribution >= 4 is 5.97 Å². The molecule has 24 heavy (non-hydrogen) atoms. The molecule has 0 N–H and O–H groups in total. The average molecular weight is 332 g/mol. The van der Waals surface area contributed by atoms with Crippen molar-refractivity contribution in [3.8, 4) is 0 Å². The van der Waals surface area contributed by atoms with Crippen LogP contribution in [0.2, 0.25) is 0 Å². The second-order valence-electron chi connectivity index (χ2n) is 7.32. The van der Waals surface area contributed by atoms with Crippen LogP contribution in [0, 0.1) is 11.8 Å². The summed E-state index contributed by atoms with van der Waals surface area (Å²) in [7, 11) is 1.53. The molecular formula is C19H24O5. The van der Waals surface area contributed by atoms with E-state index in [4.69, 9.17) is 18.9 Å². The number of ether oxygens (including phenoxy) is 4. The Balaban J connectivity index is 1.56. The Morgan fingerprint density at radius 3 is 2.29 bits per heavy atom. The maximum Gasteiger partial charge on any atom is 0.343 e. The van der Waals surface area contributed by atoms with Crippen molar-refractivity contribution in [2.45, 2.75) is 56.9 Å². The lowest BCUT2D eigenvalue weighted by molar-refractivity contribution is -0.200. The van der Waals surface area contributed by atoms with Crippen LogP contribution in [0.5, 0.6) is 0 Å². The highest BCUT2D eigenvalue weighted by Gasteiger charge is 2.65. The zero-order chi connectivity index (χ0) is 17.1. The van der Waals surface area contributed by atoms with Crippen molar-refractivity contribution < 1.29 is 23.7 Å². The standard InChI is InChI=1S/C19H24O5/c1-10-13-11(2)15-17(16(22-13)14(10)23-15)24-18(20)19(3,21-4)12-8-6-5-7-9-12/h5-11,13-17H,1-4H3/t10-,11+,13+,14+,15-,16?,17-,19+/m0/s1. The third-order valence-corrected chi connectivity index (χ3v) is 6.04. The van der Waals surface area contributed by atoms with E-state index in [2.05, 4.69) is 13.8 Å². The number of carbonyl (C=O) groups is 1. The van der Waals surface area contributed by atoms with Crippen molar-refractivity contribution in [1.29, 1.82) is 0 Å². The van der Waals surface area contributed by atoms with Crippen LogP contribution in [-0.2, 0) is 29.3 Å². The van der Waals surface area contributed by atoms with Crippen LogP contribution in [0.3, 0.4) is 0 Å².